The van der Waals surface area contributed by atoms with Crippen LogP contribution in [0.1, 0.15) is 30.7 Å². The molecule has 0 N–H and O–H groups in total. The molecule has 2 fully saturated rings. The Kier molecular flexibility index (Phi) is 4.41. The van der Waals surface area contributed by atoms with Gasteiger partial charge >= 0.3 is 0 Å². The Hall–Kier alpha value is -0.870. The first-order valence-electron chi connectivity index (χ1n) is 7.36. The zero-order valence-electron chi connectivity index (χ0n) is 11.6. The summed E-state index contributed by atoms with van der Waals surface area (Å²) in [4.78, 5) is 14.6. The molecule has 2 aliphatic heterocycles. The van der Waals surface area contributed by atoms with Crippen molar-refractivity contribution in [3.63, 3.8) is 0 Å². The Balaban J connectivity index is 1.61. The molecule has 20 heavy (non-hydrogen) atoms. The van der Waals surface area contributed by atoms with E-state index in [1.54, 1.807) is 0 Å². The van der Waals surface area contributed by atoms with Crippen molar-refractivity contribution in [2.45, 2.75) is 25.2 Å². The lowest BCUT2D eigenvalue weighted by Gasteiger charge is -2.26. The van der Waals surface area contributed by atoms with Crippen molar-refractivity contribution in [3.05, 3.63) is 34.3 Å². The van der Waals surface area contributed by atoms with E-state index in [0.717, 1.165) is 50.0 Å². The number of hydrogen-bond acceptors (Lipinski definition) is 2. The maximum absolute atomic E-state index is 12.5. The summed E-state index contributed by atoms with van der Waals surface area (Å²) < 4.78 is 6.44. The van der Waals surface area contributed by atoms with Crippen molar-refractivity contribution in [1.82, 2.24) is 4.90 Å². The SMILES string of the molecule is O=C(C1CCOCC1)N1CCC(c2ccc(Br)cc2)C1. The smallest absolute Gasteiger partial charge is 0.225 e. The summed E-state index contributed by atoms with van der Waals surface area (Å²) in [5.74, 6) is 1.02. The highest BCUT2D eigenvalue weighted by Crippen LogP contribution is 2.30. The number of benzene rings is 1. The van der Waals surface area contributed by atoms with E-state index in [1.807, 2.05) is 0 Å². The minimum Gasteiger partial charge on any atom is -0.381 e. The normalized spacial score (nSPS) is 24.1. The predicted molar refractivity (Wildman–Crippen MR) is 81.6 cm³/mol. The zero-order chi connectivity index (χ0) is 13.9. The molecule has 4 heteroatoms. The number of hydrogen-bond donors (Lipinski definition) is 0. The maximum atomic E-state index is 12.5. The van der Waals surface area contributed by atoms with E-state index in [2.05, 4.69) is 45.1 Å². The van der Waals surface area contributed by atoms with Crippen LogP contribution in [-0.4, -0.2) is 37.1 Å². The van der Waals surface area contributed by atoms with Gasteiger partial charge in [-0.1, -0.05) is 28.1 Å². The third-order valence-corrected chi connectivity index (χ3v) is 4.94. The number of halogens is 1. The number of carbonyl (C=O) groups is 1. The van der Waals surface area contributed by atoms with Gasteiger partial charge in [-0.2, -0.15) is 0 Å². The topological polar surface area (TPSA) is 29.5 Å². The average Bonchev–Trinajstić information content (AvgIpc) is 2.98. The van der Waals surface area contributed by atoms with Gasteiger partial charge in [0.2, 0.25) is 5.91 Å². The third kappa shape index (κ3) is 3.07. The van der Waals surface area contributed by atoms with Crippen molar-refractivity contribution in [2.75, 3.05) is 26.3 Å². The molecular formula is C16H20BrNO2. The summed E-state index contributed by atoms with van der Waals surface area (Å²) in [5, 5.41) is 0. The summed E-state index contributed by atoms with van der Waals surface area (Å²) in [6.07, 6.45) is 2.85. The largest absolute Gasteiger partial charge is 0.381 e. The van der Waals surface area contributed by atoms with E-state index in [4.69, 9.17) is 4.74 Å². The second kappa shape index (κ2) is 6.27. The van der Waals surface area contributed by atoms with Crippen LogP contribution in [0.4, 0.5) is 0 Å². The van der Waals surface area contributed by atoms with Gasteiger partial charge in [-0.3, -0.25) is 4.79 Å². The molecule has 3 rings (SSSR count). The van der Waals surface area contributed by atoms with Gasteiger partial charge in [0.15, 0.2) is 0 Å². The first-order chi connectivity index (χ1) is 9.74. The summed E-state index contributed by atoms with van der Waals surface area (Å²) in [7, 11) is 0. The molecule has 0 spiro atoms. The van der Waals surface area contributed by atoms with E-state index in [1.165, 1.54) is 5.56 Å². The summed E-state index contributed by atoms with van der Waals surface area (Å²) in [6, 6.07) is 8.49. The third-order valence-electron chi connectivity index (χ3n) is 4.41. The van der Waals surface area contributed by atoms with Crippen molar-refractivity contribution in [3.8, 4) is 0 Å². The van der Waals surface area contributed by atoms with Crippen LogP contribution in [0.3, 0.4) is 0 Å². The summed E-state index contributed by atoms with van der Waals surface area (Å²) in [5.41, 5.74) is 1.34. The molecule has 0 aliphatic carbocycles. The molecule has 1 atom stereocenters. The quantitative estimate of drug-likeness (QED) is 0.829. The van der Waals surface area contributed by atoms with Crippen molar-refractivity contribution in [2.24, 2.45) is 5.92 Å². The molecule has 0 saturated carbocycles. The van der Waals surface area contributed by atoms with Crippen LogP contribution < -0.4 is 0 Å². The molecule has 3 nitrogen and oxygen atoms in total. The van der Waals surface area contributed by atoms with Crippen LogP contribution >= 0.6 is 15.9 Å². The Morgan fingerprint density at radius 3 is 2.55 bits per heavy atom. The Bertz CT molecular complexity index is 468. The Morgan fingerprint density at radius 1 is 1.15 bits per heavy atom. The van der Waals surface area contributed by atoms with Crippen LogP contribution in [0.25, 0.3) is 0 Å². The molecule has 1 amide bonds. The van der Waals surface area contributed by atoms with E-state index in [0.29, 0.717) is 11.8 Å². The fourth-order valence-electron chi connectivity index (χ4n) is 3.17. The molecule has 0 bridgehead atoms. The summed E-state index contributed by atoms with van der Waals surface area (Å²) in [6.45, 7) is 3.25. The van der Waals surface area contributed by atoms with Gasteiger partial charge in [0.25, 0.3) is 0 Å². The fourth-order valence-corrected chi connectivity index (χ4v) is 3.43. The average molecular weight is 338 g/mol. The zero-order valence-corrected chi connectivity index (χ0v) is 13.1. The predicted octanol–water partition coefficient (Wildman–Crippen LogP) is 3.19. The van der Waals surface area contributed by atoms with Crippen molar-refractivity contribution < 1.29 is 9.53 Å². The molecule has 2 aliphatic rings. The van der Waals surface area contributed by atoms with Gasteiger partial charge < -0.3 is 9.64 Å². The highest BCUT2D eigenvalue weighted by atomic mass is 79.9. The molecule has 0 radical (unpaired) electrons. The first-order valence-corrected chi connectivity index (χ1v) is 8.15. The second-order valence-electron chi connectivity index (χ2n) is 5.71. The second-order valence-corrected chi connectivity index (χ2v) is 6.62. The van der Waals surface area contributed by atoms with E-state index in [9.17, 15) is 4.79 Å². The van der Waals surface area contributed by atoms with Gasteiger partial charge in [-0.15, -0.1) is 0 Å². The minimum absolute atomic E-state index is 0.187. The van der Waals surface area contributed by atoms with E-state index in [-0.39, 0.29) is 5.92 Å². The van der Waals surface area contributed by atoms with E-state index >= 15 is 0 Å². The van der Waals surface area contributed by atoms with Crippen LogP contribution in [0, 0.1) is 5.92 Å². The van der Waals surface area contributed by atoms with Crippen molar-refractivity contribution >= 4 is 21.8 Å². The molecular weight excluding hydrogens is 318 g/mol. The number of ether oxygens (including phenoxy) is 1. The maximum Gasteiger partial charge on any atom is 0.225 e. The highest BCUT2D eigenvalue weighted by Gasteiger charge is 2.32. The first kappa shape index (κ1) is 14.1. The van der Waals surface area contributed by atoms with Crippen LogP contribution in [-0.2, 0) is 9.53 Å². The number of amides is 1. The van der Waals surface area contributed by atoms with Crippen LogP contribution in [0.15, 0.2) is 28.7 Å². The molecule has 108 valence electrons. The molecule has 1 aromatic carbocycles. The molecule has 2 heterocycles. The monoisotopic (exact) mass is 337 g/mol. The fraction of sp³-hybridized carbons (Fsp3) is 0.562. The number of likely N-dealkylation sites (tertiary alicyclic amines) is 1. The van der Waals surface area contributed by atoms with E-state index < -0.39 is 0 Å². The van der Waals surface area contributed by atoms with Crippen LogP contribution in [0.5, 0.6) is 0 Å². The number of nitrogens with zero attached hydrogens (tertiary/aromatic N) is 1. The standard InChI is InChI=1S/C16H20BrNO2/c17-15-3-1-12(2-4-15)14-5-8-18(11-14)16(19)13-6-9-20-10-7-13/h1-4,13-14H,5-11H2. The van der Waals surface area contributed by atoms with Gasteiger partial charge in [0.1, 0.15) is 0 Å². The van der Waals surface area contributed by atoms with Gasteiger partial charge in [0.05, 0.1) is 0 Å². The molecule has 1 unspecified atom stereocenters. The molecule has 1 aromatic rings. The summed E-state index contributed by atoms with van der Waals surface area (Å²) >= 11 is 3.46. The number of rotatable bonds is 2. The highest BCUT2D eigenvalue weighted by molar-refractivity contribution is 9.10. The van der Waals surface area contributed by atoms with Gasteiger partial charge in [-0.25, -0.2) is 0 Å². The van der Waals surface area contributed by atoms with Crippen LogP contribution in [0.2, 0.25) is 0 Å². The minimum atomic E-state index is 0.187. The lowest BCUT2D eigenvalue weighted by atomic mass is 9.98. The molecule has 2 saturated heterocycles. The lowest BCUT2D eigenvalue weighted by molar-refractivity contribution is -0.137. The molecule has 0 aromatic heterocycles. The Morgan fingerprint density at radius 2 is 1.85 bits per heavy atom. The number of carbonyl (C=O) groups excluding carboxylic acids is 1. The van der Waals surface area contributed by atoms with Gasteiger partial charge in [0, 0.05) is 42.6 Å². The van der Waals surface area contributed by atoms with Crippen molar-refractivity contribution in [1.29, 1.82) is 0 Å². The lowest BCUT2D eigenvalue weighted by Crippen LogP contribution is -2.36. The Labute approximate surface area is 128 Å². The van der Waals surface area contributed by atoms with Gasteiger partial charge in [-0.05, 0) is 37.0 Å².